The maximum Gasteiger partial charge on any atom is 0.162 e. The number of rotatable bonds is 5. The zero-order chi connectivity index (χ0) is 17.9. The van der Waals surface area contributed by atoms with Crippen molar-refractivity contribution < 1.29 is 18.6 Å². The lowest BCUT2D eigenvalue weighted by Gasteiger charge is -2.23. The van der Waals surface area contributed by atoms with E-state index >= 15 is 0 Å². The topological polar surface area (TPSA) is 54.4 Å². The number of ether oxygens (including phenoxy) is 1. The van der Waals surface area contributed by atoms with Crippen molar-refractivity contribution >= 4 is 23.7 Å². The Morgan fingerprint density at radius 2 is 2.08 bits per heavy atom. The molecule has 0 aliphatic carbocycles. The molecule has 0 radical (unpaired) electrons. The molecule has 3 rings (SSSR count). The largest absolute Gasteiger partial charge is 0.493 e. The van der Waals surface area contributed by atoms with Crippen LogP contribution in [0.5, 0.6) is 5.75 Å². The fourth-order valence-corrected chi connectivity index (χ4v) is 4.14. The fourth-order valence-electron chi connectivity index (χ4n) is 2.95. The van der Waals surface area contributed by atoms with Crippen molar-refractivity contribution in [3.63, 3.8) is 0 Å². The lowest BCUT2D eigenvalue weighted by Crippen LogP contribution is -2.27. The number of halogens is 3. The second-order valence-corrected chi connectivity index (χ2v) is 7.42. The first-order valence-electron chi connectivity index (χ1n) is 8.46. The maximum atomic E-state index is 13.2. The SMILES string of the molecule is Cc1nc(C2(O)CCCNCC2)sc1CCOc1ccc(F)c(F)c1.Cl. The Morgan fingerprint density at radius 1 is 1.27 bits per heavy atom. The summed E-state index contributed by atoms with van der Waals surface area (Å²) in [7, 11) is 0. The zero-order valence-corrected chi connectivity index (χ0v) is 16.2. The van der Waals surface area contributed by atoms with Gasteiger partial charge in [0.1, 0.15) is 16.4 Å². The molecule has 1 saturated heterocycles. The second kappa shape index (κ2) is 9.08. The summed E-state index contributed by atoms with van der Waals surface area (Å²) >= 11 is 1.51. The molecule has 0 saturated carbocycles. The van der Waals surface area contributed by atoms with Gasteiger partial charge in [-0.25, -0.2) is 13.8 Å². The summed E-state index contributed by atoms with van der Waals surface area (Å²) in [6.45, 7) is 3.96. The van der Waals surface area contributed by atoms with Crippen LogP contribution >= 0.6 is 23.7 Å². The van der Waals surface area contributed by atoms with Gasteiger partial charge in [-0.15, -0.1) is 23.7 Å². The minimum atomic E-state index is -0.919. The van der Waals surface area contributed by atoms with Gasteiger partial charge in [0.2, 0.25) is 0 Å². The van der Waals surface area contributed by atoms with Crippen LogP contribution in [0.1, 0.15) is 34.8 Å². The standard InChI is InChI=1S/C18H22F2N2O2S.ClH/c1-12-16(5-10-24-13-3-4-14(19)15(20)11-13)25-17(22-12)18(23)6-2-8-21-9-7-18;/h3-4,11,21,23H,2,5-10H2,1H3;1H. The molecule has 2 N–H and O–H groups in total. The molecule has 26 heavy (non-hydrogen) atoms. The molecule has 1 aliphatic heterocycles. The van der Waals surface area contributed by atoms with E-state index in [1.165, 1.54) is 17.4 Å². The van der Waals surface area contributed by atoms with Crippen LogP contribution in [0.25, 0.3) is 0 Å². The van der Waals surface area contributed by atoms with E-state index in [2.05, 4.69) is 10.3 Å². The lowest BCUT2D eigenvalue weighted by molar-refractivity contribution is 0.0237. The van der Waals surface area contributed by atoms with E-state index in [0.717, 1.165) is 47.2 Å². The number of nitrogens with one attached hydrogen (secondary N) is 1. The summed E-state index contributed by atoms with van der Waals surface area (Å²) in [5, 5.41) is 15.0. The maximum absolute atomic E-state index is 13.2. The smallest absolute Gasteiger partial charge is 0.162 e. The Morgan fingerprint density at radius 3 is 2.85 bits per heavy atom. The van der Waals surface area contributed by atoms with E-state index in [1.807, 2.05) is 6.92 Å². The van der Waals surface area contributed by atoms with Gasteiger partial charge in [0.05, 0.1) is 12.3 Å². The Hall–Kier alpha value is -1.28. The van der Waals surface area contributed by atoms with Gasteiger partial charge < -0.3 is 15.2 Å². The molecular weight excluding hydrogens is 382 g/mol. The summed E-state index contributed by atoms with van der Waals surface area (Å²) in [4.78, 5) is 5.62. The van der Waals surface area contributed by atoms with Crippen LogP contribution in [0.3, 0.4) is 0 Å². The monoisotopic (exact) mass is 404 g/mol. The quantitative estimate of drug-likeness (QED) is 0.797. The highest BCUT2D eigenvalue weighted by Crippen LogP contribution is 2.35. The highest BCUT2D eigenvalue weighted by atomic mass is 35.5. The van der Waals surface area contributed by atoms with Gasteiger partial charge >= 0.3 is 0 Å². The molecule has 1 unspecified atom stereocenters. The summed E-state index contributed by atoms with van der Waals surface area (Å²) in [5.74, 6) is -1.51. The Labute approximate surface area is 162 Å². The molecule has 0 spiro atoms. The molecule has 1 fully saturated rings. The van der Waals surface area contributed by atoms with E-state index in [4.69, 9.17) is 4.74 Å². The first-order valence-corrected chi connectivity index (χ1v) is 9.27. The molecule has 8 heteroatoms. The van der Waals surface area contributed by atoms with Gasteiger partial charge in [-0.2, -0.15) is 0 Å². The van der Waals surface area contributed by atoms with Gasteiger partial charge in [0.15, 0.2) is 11.6 Å². The molecule has 4 nitrogen and oxygen atoms in total. The summed E-state index contributed by atoms with van der Waals surface area (Å²) in [5.41, 5.74) is 0.0255. The molecule has 1 atom stereocenters. The third kappa shape index (κ3) is 4.91. The molecule has 1 aliphatic rings. The summed E-state index contributed by atoms with van der Waals surface area (Å²) < 4.78 is 31.6. The van der Waals surface area contributed by atoms with Crippen LogP contribution in [-0.4, -0.2) is 29.8 Å². The van der Waals surface area contributed by atoms with Crippen molar-refractivity contribution in [1.29, 1.82) is 0 Å². The molecular formula is C18H23ClF2N2O2S. The van der Waals surface area contributed by atoms with E-state index in [0.29, 0.717) is 31.6 Å². The normalized spacial score (nSPS) is 20.3. The average Bonchev–Trinajstić information content (AvgIpc) is 2.81. The third-order valence-corrected chi connectivity index (χ3v) is 5.85. The third-order valence-electron chi connectivity index (χ3n) is 4.44. The van der Waals surface area contributed by atoms with Crippen LogP contribution < -0.4 is 10.1 Å². The number of thiazole rings is 1. The fraction of sp³-hybridized carbons (Fsp3) is 0.500. The minimum Gasteiger partial charge on any atom is -0.493 e. The number of aromatic nitrogens is 1. The Balaban J connectivity index is 0.00000243. The molecule has 0 amide bonds. The number of hydrogen-bond donors (Lipinski definition) is 2. The van der Waals surface area contributed by atoms with E-state index in [-0.39, 0.29) is 12.4 Å². The van der Waals surface area contributed by atoms with Crippen molar-refractivity contribution in [2.75, 3.05) is 19.7 Å². The average molecular weight is 405 g/mol. The molecule has 0 bridgehead atoms. The molecule has 1 aromatic heterocycles. The van der Waals surface area contributed by atoms with Crippen molar-refractivity contribution in [2.24, 2.45) is 0 Å². The molecule has 1 aromatic carbocycles. The summed E-state index contributed by atoms with van der Waals surface area (Å²) in [6.07, 6.45) is 2.89. The number of benzene rings is 1. The summed E-state index contributed by atoms with van der Waals surface area (Å²) in [6, 6.07) is 3.50. The van der Waals surface area contributed by atoms with E-state index < -0.39 is 17.2 Å². The predicted octanol–water partition coefficient (Wildman–Crippen LogP) is 3.73. The van der Waals surface area contributed by atoms with Gasteiger partial charge in [0.25, 0.3) is 0 Å². The highest BCUT2D eigenvalue weighted by Gasteiger charge is 2.33. The Bertz CT molecular complexity index is 734. The number of aryl methyl sites for hydroxylation is 1. The van der Waals surface area contributed by atoms with Crippen LogP contribution in [0.4, 0.5) is 8.78 Å². The molecule has 144 valence electrons. The number of hydrogen-bond acceptors (Lipinski definition) is 5. The van der Waals surface area contributed by atoms with Gasteiger partial charge in [-0.05, 0) is 51.4 Å². The zero-order valence-electron chi connectivity index (χ0n) is 14.6. The predicted molar refractivity (Wildman–Crippen MR) is 100 cm³/mol. The molecule has 2 aromatic rings. The lowest BCUT2D eigenvalue weighted by atomic mass is 9.96. The van der Waals surface area contributed by atoms with Gasteiger partial charge in [-0.1, -0.05) is 0 Å². The highest BCUT2D eigenvalue weighted by molar-refractivity contribution is 7.11. The van der Waals surface area contributed by atoms with E-state index in [9.17, 15) is 13.9 Å². The van der Waals surface area contributed by atoms with Crippen LogP contribution in [0.15, 0.2) is 18.2 Å². The first-order chi connectivity index (χ1) is 12.0. The molecule has 2 heterocycles. The van der Waals surface area contributed by atoms with Crippen LogP contribution in [0, 0.1) is 18.6 Å². The van der Waals surface area contributed by atoms with Crippen LogP contribution in [-0.2, 0) is 12.0 Å². The van der Waals surface area contributed by atoms with Crippen LogP contribution in [0.2, 0.25) is 0 Å². The second-order valence-electron chi connectivity index (χ2n) is 6.34. The number of aliphatic hydroxyl groups is 1. The van der Waals surface area contributed by atoms with Crippen molar-refractivity contribution in [1.82, 2.24) is 10.3 Å². The number of nitrogens with zero attached hydrogens (tertiary/aromatic N) is 1. The van der Waals surface area contributed by atoms with Gasteiger partial charge in [0, 0.05) is 17.4 Å². The van der Waals surface area contributed by atoms with E-state index in [1.54, 1.807) is 0 Å². The minimum absolute atomic E-state index is 0. The Kier molecular flexibility index (Phi) is 7.34. The van der Waals surface area contributed by atoms with Gasteiger partial charge in [-0.3, -0.25) is 0 Å². The van der Waals surface area contributed by atoms with Crippen molar-refractivity contribution in [3.05, 3.63) is 45.4 Å². The van der Waals surface area contributed by atoms with Crippen molar-refractivity contribution in [3.8, 4) is 5.75 Å². The van der Waals surface area contributed by atoms with Crippen molar-refractivity contribution in [2.45, 2.75) is 38.2 Å². The first kappa shape index (κ1) is 21.0.